The summed E-state index contributed by atoms with van der Waals surface area (Å²) in [5, 5.41) is 0. The molecule has 100 valence electrons. The van der Waals surface area contributed by atoms with Crippen molar-refractivity contribution in [2.75, 3.05) is 0 Å². The minimum atomic E-state index is -3.46. The summed E-state index contributed by atoms with van der Waals surface area (Å²) in [4.78, 5) is 0.281. The first-order valence-corrected chi connectivity index (χ1v) is 8.94. The van der Waals surface area contributed by atoms with E-state index < -0.39 is 10.0 Å². The van der Waals surface area contributed by atoms with Crippen molar-refractivity contribution < 1.29 is 8.42 Å². The molecule has 1 saturated carbocycles. The second kappa shape index (κ2) is 5.61. The molecule has 1 atom stereocenters. The van der Waals surface area contributed by atoms with Crippen LogP contribution in [0.25, 0.3) is 0 Å². The molecule has 0 radical (unpaired) electrons. The SMILES string of the molecule is CC(NS(=O)(=O)c1cc(Br)ccc1Br)C1CCC1. The van der Waals surface area contributed by atoms with E-state index in [2.05, 4.69) is 36.6 Å². The van der Waals surface area contributed by atoms with E-state index in [0.717, 1.165) is 17.3 Å². The zero-order valence-corrected chi connectivity index (χ0v) is 14.0. The molecule has 1 aliphatic rings. The van der Waals surface area contributed by atoms with Gasteiger partial charge in [0, 0.05) is 15.0 Å². The smallest absolute Gasteiger partial charge is 0.208 e. The largest absolute Gasteiger partial charge is 0.241 e. The van der Waals surface area contributed by atoms with Crippen molar-refractivity contribution in [3.05, 3.63) is 27.1 Å². The van der Waals surface area contributed by atoms with Gasteiger partial charge in [0.05, 0.1) is 4.90 Å². The fourth-order valence-electron chi connectivity index (χ4n) is 2.03. The number of nitrogens with one attached hydrogen (secondary N) is 1. The Morgan fingerprint density at radius 3 is 2.56 bits per heavy atom. The zero-order chi connectivity index (χ0) is 13.3. The standard InChI is InChI=1S/C12H15Br2NO2S/c1-8(9-3-2-4-9)15-18(16,17)12-7-10(13)5-6-11(12)14/h5-9,15H,2-4H2,1H3. The Hall–Kier alpha value is 0.0900. The van der Waals surface area contributed by atoms with Crippen LogP contribution in [0.5, 0.6) is 0 Å². The van der Waals surface area contributed by atoms with Crippen LogP contribution in [-0.4, -0.2) is 14.5 Å². The van der Waals surface area contributed by atoms with Gasteiger partial charge in [0.1, 0.15) is 0 Å². The fourth-order valence-corrected chi connectivity index (χ4v) is 4.84. The Morgan fingerprint density at radius 1 is 1.33 bits per heavy atom. The lowest BCUT2D eigenvalue weighted by molar-refractivity contribution is 0.260. The summed E-state index contributed by atoms with van der Waals surface area (Å²) < 4.78 is 28.7. The fraction of sp³-hybridized carbons (Fsp3) is 0.500. The van der Waals surface area contributed by atoms with Crippen LogP contribution in [0.15, 0.2) is 32.0 Å². The van der Waals surface area contributed by atoms with Gasteiger partial charge in [-0.25, -0.2) is 13.1 Å². The Balaban J connectivity index is 2.21. The molecule has 2 rings (SSSR count). The van der Waals surface area contributed by atoms with E-state index in [1.165, 1.54) is 6.42 Å². The van der Waals surface area contributed by atoms with Gasteiger partial charge in [-0.2, -0.15) is 0 Å². The van der Waals surface area contributed by atoms with Crippen molar-refractivity contribution >= 4 is 41.9 Å². The van der Waals surface area contributed by atoms with Crippen molar-refractivity contribution in [2.24, 2.45) is 5.92 Å². The predicted molar refractivity (Wildman–Crippen MR) is 79.0 cm³/mol. The minimum Gasteiger partial charge on any atom is -0.208 e. The lowest BCUT2D eigenvalue weighted by Gasteiger charge is -2.31. The van der Waals surface area contributed by atoms with Gasteiger partial charge in [-0.1, -0.05) is 22.4 Å². The summed E-state index contributed by atoms with van der Waals surface area (Å²) in [6, 6.07) is 5.14. The number of halogens is 2. The molecule has 0 aromatic heterocycles. The molecule has 0 heterocycles. The summed E-state index contributed by atoms with van der Waals surface area (Å²) in [6.07, 6.45) is 3.43. The van der Waals surface area contributed by atoms with Crippen LogP contribution in [0.4, 0.5) is 0 Å². The van der Waals surface area contributed by atoms with Crippen molar-refractivity contribution in [1.82, 2.24) is 4.72 Å². The van der Waals surface area contributed by atoms with E-state index in [0.29, 0.717) is 10.4 Å². The van der Waals surface area contributed by atoms with E-state index in [-0.39, 0.29) is 10.9 Å². The van der Waals surface area contributed by atoms with E-state index in [1.54, 1.807) is 18.2 Å². The average Bonchev–Trinajstić information content (AvgIpc) is 2.17. The lowest BCUT2D eigenvalue weighted by Crippen LogP contribution is -2.40. The van der Waals surface area contributed by atoms with Crippen LogP contribution >= 0.6 is 31.9 Å². The molecule has 1 fully saturated rings. The van der Waals surface area contributed by atoms with Crippen molar-refractivity contribution in [3.63, 3.8) is 0 Å². The normalized spacial score (nSPS) is 18.4. The van der Waals surface area contributed by atoms with E-state index in [9.17, 15) is 8.42 Å². The number of rotatable bonds is 4. The van der Waals surface area contributed by atoms with Crippen molar-refractivity contribution in [2.45, 2.75) is 37.1 Å². The maximum Gasteiger partial charge on any atom is 0.241 e. The summed E-state index contributed by atoms with van der Waals surface area (Å²) in [6.45, 7) is 1.94. The Bertz CT molecular complexity index is 541. The molecule has 0 aliphatic heterocycles. The second-order valence-electron chi connectivity index (χ2n) is 4.68. The van der Waals surface area contributed by atoms with Gasteiger partial charge in [-0.05, 0) is 59.8 Å². The first-order chi connectivity index (χ1) is 8.40. The molecule has 6 heteroatoms. The molecule has 0 amide bonds. The van der Waals surface area contributed by atoms with Gasteiger partial charge in [0.2, 0.25) is 10.0 Å². The van der Waals surface area contributed by atoms with E-state index >= 15 is 0 Å². The quantitative estimate of drug-likeness (QED) is 0.843. The summed E-state index contributed by atoms with van der Waals surface area (Å²) in [5.41, 5.74) is 0. The number of hydrogen-bond donors (Lipinski definition) is 1. The topological polar surface area (TPSA) is 46.2 Å². The monoisotopic (exact) mass is 395 g/mol. The minimum absolute atomic E-state index is 0.00497. The zero-order valence-electron chi connectivity index (χ0n) is 9.99. The highest BCUT2D eigenvalue weighted by Gasteiger charge is 2.28. The third-order valence-corrected chi connectivity index (χ3v) is 6.43. The predicted octanol–water partition coefficient (Wildman–Crippen LogP) is 3.68. The Morgan fingerprint density at radius 2 is 2.00 bits per heavy atom. The molecule has 0 saturated heterocycles. The molecule has 1 N–H and O–H groups in total. The summed E-state index contributed by atoms with van der Waals surface area (Å²) >= 11 is 6.58. The van der Waals surface area contributed by atoms with Crippen molar-refractivity contribution in [1.29, 1.82) is 0 Å². The van der Waals surface area contributed by atoms with E-state index in [1.807, 2.05) is 6.92 Å². The third-order valence-electron chi connectivity index (χ3n) is 3.38. The van der Waals surface area contributed by atoms with Gasteiger partial charge in [0.15, 0.2) is 0 Å². The molecule has 0 bridgehead atoms. The number of benzene rings is 1. The summed E-state index contributed by atoms with van der Waals surface area (Å²) in [7, 11) is -3.46. The first-order valence-electron chi connectivity index (χ1n) is 5.87. The van der Waals surface area contributed by atoms with Gasteiger partial charge in [-0.15, -0.1) is 0 Å². The third kappa shape index (κ3) is 3.15. The van der Waals surface area contributed by atoms with Gasteiger partial charge in [-0.3, -0.25) is 0 Å². The molecule has 1 aromatic rings. The molecule has 1 unspecified atom stereocenters. The molecular formula is C12H15Br2NO2S. The van der Waals surface area contributed by atoms with Crippen LogP contribution in [0, 0.1) is 5.92 Å². The highest BCUT2D eigenvalue weighted by Crippen LogP contribution is 2.31. The second-order valence-corrected chi connectivity index (χ2v) is 8.13. The number of hydrogen-bond acceptors (Lipinski definition) is 2. The Kier molecular flexibility index (Phi) is 4.52. The lowest BCUT2D eigenvalue weighted by atomic mass is 9.81. The Labute approximate surface area is 125 Å². The maximum atomic E-state index is 12.3. The molecule has 18 heavy (non-hydrogen) atoms. The average molecular weight is 397 g/mol. The highest BCUT2D eigenvalue weighted by molar-refractivity contribution is 9.11. The first kappa shape index (κ1) is 14.5. The molecule has 3 nitrogen and oxygen atoms in total. The van der Waals surface area contributed by atoms with Crippen LogP contribution in [0.2, 0.25) is 0 Å². The van der Waals surface area contributed by atoms with Gasteiger partial charge < -0.3 is 0 Å². The van der Waals surface area contributed by atoms with Crippen molar-refractivity contribution in [3.8, 4) is 0 Å². The van der Waals surface area contributed by atoms with Gasteiger partial charge >= 0.3 is 0 Å². The summed E-state index contributed by atoms with van der Waals surface area (Å²) in [5.74, 6) is 0.478. The molecule has 0 spiro atoms. The van der Waals surface area contributed by atoms with Crippen LogP contribution in [-0.2, 0) is 10.0 Å². The molecule has 1 aliphatic carbocycles. The van der Waals surface area contributed by atoms with E-state index in [4.69, 9.17) is 0 Å². The van der Waals surface area contributed by atoms with Crippen LogP contribution in [0.1, 0.15) is 26.2 Å². The molecular weight excluding hydrogens is 382 g/mol. The maximum absolute atomic E-state index is 12.3. The van der Waals surface area contributed by atoms with Crippen LogP contribution < -0.4 is 4.72 Å². The van der Waals surface area contributed by atoms with Crippen LogP contribution in [0.3, 0.4) is 0 Å². The molecule has 1 aromatic carbocycles. The van der Waals surface area contributed by atoms with Gasteiger partial charge in [0.25, 0.3) is 0 Å². The highest BCUT2D eigenvalue weighted by atomic mass is 79.9. The number of sulfonamides is 1.